The highest BCUT2D eigenvalue weighted by molar-refractivity contribution is 6.00. The van der Waals surface area contributed by atoms with Crippen LogP contribution in [0, 0.1) is 13.8 Å². The van der Waals surface area contributed by atoms with E-state index < -0.39 is 5.76 Å². The first-order valence-corrected chi connectivity index (χ1v) is 6.79. The van der Waals surface area contributed by atoms with Crippen molar-refractivity contribution in [3.63, 3.8) is 0 Å². The number of carbonyl (C=O) groups is 1. The van der Waals surface area contributed by atoms with Crippen LogP contribution < -0.4 is 16.4 Å². The van der Waals surface area contributed by atoms with Crippen molar-refractivity contribution >= 4 is 28.5 Å². The van der Waals surface area contributed by atoms with E-state index in [2.05, 4.69) is 15.6 Å². The van der Waals surface area contributed by atoms with E-state index in [1.54, 1.807) is 18.2 Å². The molecule has 22 heavy (non-hydrogen) atoms. The minimum Gasteiger partial charge on any atom is -0.408 e. The predicted octanol–water partition coefficient (Wildman–Crippen LogP) is 3.38. The van der Waals surface area contributed by atoms with E-state index in [9.17, 15) is 9.59 Å². The summed E-state index contributed by atoms with van der Waals surface area (Å²) in [5.74, 6) is -0.522. The third-order valence-corrected chi connectivity index (χ3v) is 3.44. The van der Waals surface area contributed by atoms with Crippen molar-refractivity contribution in [2.24, 2.45) is 0 Å². The number of rotatable bonds is 2. The van der Waals surface area contributed by atoms with Crippen LogP contribution in [-0.4, -0.2) is 11.0 Å². The minimum absolute atomic E-state index is 0.361. The predicted molar refractivity (Wildman–Crippen MR) is 85.4 cm³/mol. The zero-order valence-electron chi connectivity index (χ0n) is 12.2. The van der Waals surface area contributed by atoms with E-state index in [4.69, 9.17) is 4.42 Å². The van der Waals surface area contributed by atoms with Crippen LogP contribution in [0.4, 0.5) is 16.2 Å². The van der Waals surface area contributed by atoms with Gasteiger partial charge in [0.1, 0.15) is 0 Å². The molecule has 0 spiro atoms. The quantitative estimate of drug-likeness (QED) is 0.677. The number of fused-ring (bicyclic) bond motifs is 1. The summed E-state index contributed by atoms with van der Waals surface area (Å²) in [4.78, 5) is 25.6. The molecule has 2 amide bonds. The van der Waals surface area contributed by atoms with Crippen molar-refractivity contribution in [3.8, 4) is 0 Å². The molecule has 0 bridgehead atoms. The first kappa shape index (κ1) is 13.9. The number of hydrogen-bond acceptors (Lipinski definition) is 3. The van der Waals surface area contributed by atoms with Gasteiger partial charge in [-0.05, 0) is 49.2 Å². The Morgan fingerprint density at radius 2 is 1.68 bits per heavy atom. The molecule has 1 aromatic heterocycles. The number of anilines is 2. The van der Waals surface area contributed by atoms with Crippen molar-refractivity contribution in [1.82, 2.24) is 4.98 Å². The second kappa shape index (κ2) is 5.40. The molecule has 0 aliphatic rings. The Morgan fingerprint density at radius 3 is 2.41 bits per heavy atom. The summed E-state index contributed by atoms with van der Waals surface area (Å²) in [6.07, 6.45) is 0. The molecule has 6 heteroatoms. The monoisotopic (exact) mass is 297 g/mol. The van der Waals surface area contributed by atoms with E-state index in [1.807, 2.05) is 32.0 Å². The second-order valence-corrected chi connectivity index (χ2v) is 5.10. The van der Waals surface area contributed by atoms with E-state index in [-0.39, 0.29) is 6.03 Å². The normalized spacial score (nSPS) is 10.6. The highest BCUT2D eigenvalue weighted by Crippen LogP contribution is 2.17. The van der Waals surface area contributed by atoms with Gasteiger partial charge in [0, 0.05) is 17.4 Å². The number of nitrogens with one attached hydrogen (secondary N) is 3. The lowest BCUT2D eigenvalue weighted by Gasteiger charge is -2.09. The number of oxazole rings is 1. The Kier molecular flexibility index (Phi) is 3.42. The fourth-order valence-corrected chi connectivity index (χ4v) is 2.14. The van der Waals surface area contributed by atoms with Crippen molar-refractivity contribution in [3.05, 3.63) is 58.1 Å². The molecule has 0 saturated carbocycles. The molecule has 3 N–H and O–H groups in total. The summed E-state index contributed by atoms with van der Waals surface area (Å²) < 4.78 is 4.95. The largest absolute Gasteiger partial charge is 0.417 e. The number of aryl methyl sites for hydroxylation is 2. The van der Waals surface area contributed by atoms with E-state index >= 15 is 0 Å². The first-order chi connectivity index (χ1) is 10.5. The van der Waals surface area contributed by atoms with Crippen molar-refractivity contribution in [2.75, 3.05) is 10.6 Å². The summed E-state index contributed by atoms with van der Waals surface area (Å²) in [5.41, 5.74) is 4.51. The van der Waals surface area contributed by atoms with Crippen LogP contribution in [-0.2, 0) is 0 Å². The van der Waals surface area contributed by atoms with E-state index in [1.165, 1.54) is 5.56 Å². The molecule has 0 aliphatic carbocycles. The zero-order valence-corrected chi connectivity index (χ0v) is 12.2. The van der Waals surface area contributed by atoms with Gasteiger partial charge in [0.25, 0.3) is 0 Å². The molecule has 112 valence electrons. The Hall–Kier alpha value is -3.02. The number of H-pyrrole nitrogens is 1. The van der Waals surface area contributed by atoms with Gasteiger partial charge < -0.3 is 15.1 Å². The number of benzene rings is 2. The SMILES string of the molecule is Cc1ccc(NC(=O)Nc2ccc3[nH]c(=O)oc3c2)cc1C. The van der Waals surface area contributed by atoms with Gasteiger partial charge in [0.05, 0.1) is 5.52 Å². The van der Waals surface area contributed by atoms with Crippen molar-refractivity contribution < 1.29 is 9.21 Å². The Bertz CT molecular complexity index is 908. The molecule has 3 rings (SSSR count). The first-order valence-electron chi connectivity index (χ1n) is 6.79. The zero-order chi connectivity index (χ0) is 15.7. The molecule has 1 heterocycles. The number of amides is 2. The number of hydrogen-bond donors (Lipinski definition) is 3. The van der Waals surface area contributed by atoms with Gasteiger partial charge in [-0.3, -0.25) is 4.98 Å². The van der Waals surface area contributed by atoms with Crippen LogP contribution in [0.25, 0.3) is 11.1 Å². The van der Waals surface area contributed by atoms with Crippen molar-refractivity contribution in [1.29, 1.82) is 0 Å². The number of aromatic amines is 1. The van der Waals surface area contributed by atoms with Gasteiger partial charge in [-0.25, -0.2) is 9.59 Å². The standard InChI is InChI=1S/C16H15N3O3/c1-9-3-4-11(7-10(9)2)17-15(20)18-12-5-6-13-14(8-12)22-16(21)19-13/h3-8H,1-2H3,(H,19,21)(H2,17,18,20). The summed E-state index contributed by atoms with van der Waals surface area (Å²) in [6, 6.07) is 10.3. The van der Waals surface area contributed by atoms with Gasteiger partial charge in [-0.1, -0.05) is 6.07 Å². The maximum absolute atomic E-state index is 12.0. The third kappa shape index (κ3) is 2.85. The van der Waals surface area contributed by atoms with Gasteiger partial charge in [0.2, 0.25) is 0 Å². The maximum Gasteiger partial charge on any atom is 0.417 e. The van der Waals surface area contributed by atoms with E-state index in [0.717, 1.165) is 11.3 Å². The Balaban J connectivity index is 1.74. The molecule has 0 atom stereocenters. The van der Waals surface area contributed by atoms with Crippen LogP contribution in [0.5, 0.6) is 0 Å². The molecule has 3 aromatic rings. The topological polar surface area (TPSA) is 87.1 Å². The summed E-state index contributed by atoms with van der Waals surface area (Å²) in [6.45, 7) is 4.00. The Morgan fingerprint density at radius 1 is 1.00 bits per heavy atom. The molecular weight excluding hydrogens is 282 g/mol. The van der Waals surface area contributed by atoms with Crippen LogP contribution in [0.2, 0.25) is 0 Å². The lowest BCUT2D eigenvalue weighted by molar-refractivity contribution is 0.262. The average Bonchev–Trinajstić information content (AvgIpc) is 2.82. The number of aromatic nitrogens is 1. The minimum atomic E-state index is -0.522. The molecule has 6 nitrogen and oxygen atoms in total. The van der Waals surface area contributed by atoms with E-state index in [0.29, 0.717) is 16.8 Å². The van der Waals surface area contributed by atoms with Crippen LogP contribution in [0.3, 0.4) is 0 Å². The molecule has 2 aromatic carbocycles. The molecule has 0 fully saturated rings. The van der Waals surface area contributed by atoms with Gasteiger partial charge in [-0.2, -0.15) is 0 Å². The maximum atomic E-state index is 12.0. The molecule has 0 aliphatic heterocycles. The molecule has 0 unspecified atom stereocenters. The fourth-order valence-electron chi connectivity index (χ4n) is 2.14. The van der Waals surface area contributed by atoms with Gasteiger partial charge in [-0.15, -0.1) is 0 Å². The second-order valence-electron chi connectivity index (χ2n) is 5.10. The lowest BCUT2D eigenvalue weighted by Crippen LogP contribution is -2.19. The lowest BCUT2D eigenvalue weighted by atomic mass is 10.1. The average molecular weight is 297 g/mol. The number of carbonyl (C=O) groups excluding carboxylic acids is 1. The molecule has 0 radical (unpaired) electrons. The van der Waals surface area contributed by atoms with Gasteiger partial charge in [0.15, 0.2) is 5.58 Å². The van der Waals surface area contributed by atoms with Crippen LogP contribution >= 0.6 is 0 Å². The molecule has 0 saturated heterocycles. The summed E-state index contributed by atoms with van der Waals surface area (Å²) in [7, 11) is 0. The van der Waals surface area contributed by atoms with Crippen molar-refractivity contribution in [2.45, 2.75) is 13.8 Å². The summed E-state index contributed by atoms with van der Waals surface area (Å²) in [5, 5.41) is 5.46. The highest BCUT2D eigenvalue weighted by atomic mass is 16.4. The molecular formula is C16H15N3O3. The summed E-state index contributed by atoms with van der Waals surface area (Å²) >= 11 is 0. The third-order valence-electron chi connectivity index (χ3n) is 3.44. The fraction of sp³-hybridized carbons (Fsp3) is 0.125. The number of urea groups is 1. The van der Waals surface area contributed by atoms with Crippen LogP contribution in [0.15, 0.2) is 45.6 Å². The highest BCUT2D eigenvalue weighted by Gasteiger charge is 2.06. The van der Waals surface area contributed by atoms with Crippen LogP contribution in [0.1, 0.15) is 11.1 Å². The van der Waals surface area contributed by atoms with Gasteiger partial charge >= 0.3 is 11.8 Å². The Labute approximate surface area is 126 Å². The smallest absolute Gasteiger partial charge is 0.408 e.